The molecule has 0 fully saturated rings. The number of aryl methyl sites for hydroxylation is 1. The second-order valence-electron chi connectivity index (χ2n) is 5.94. The first-order valence-electron chi connectivity index (χ1n) is 7.84. The summed E-state index contributed by atoms with van der Waals surface area (Å²) in [6.07, 6.45) is 0. The molecule has 4 nitrogen and oxygen atoms in total. The third kappa shape index (κ3) is 5.55. The van der Waals surface area contributed by atoms with Crippen molar-refractivity contribution in [2.24, 2.45) is 0 Å². The summed E-state index contributed by atoms with van der Waals surface area (Å²) in [5, 5.41) is 3.62. The molecular weight excluding hydrogens is 324 g/mol. The third-order valence-electron chi connectivity index (χ3n) is 3.76. The van der Waals surface area contributed by atoms with Crippen LogP contribution in [0, 0.1) is 6.92 Å². The van der Waals surface area contributed by atoms with Crippen molar-refractivity contribution in [3.8, 4) is 5.75 Å². The Balaban J connectivity index is 1.86. The zero-order chi connectivity index (χ0) is 17.5. The number of carbonyl (C=O) groups is 1. The van der Waals surface area contributed by atoms with Gasteiger partial charge in [-0.25, -0.2) is 0 Å². The van der Waals surface area contributed by atoms with Crippen LogP contribution in [0.15, 0.2) is 48.5 Å². The summed E-state index contributed by atoms with van der Waals surface area (Å²) in [6.45, 7) is 2.52. The van der Waals surface area contributed by atoms with Crippen molar-refractivity contribution in [2.75, 3.05) is 27.2 Å². The molecule has 1 N–H and O–H groups in total. The molecule has 24 heavy (non-hydrogen) atoms. The highest BCUT2D eigenvalue weighted by atomic mass is 35.5. The van der Waals surface area contributed by atoms with Crippen LogP contribution in [0.2, 0.25) is 5.02 Å². The van der Waals surface area contributed by atoms with Gasteiger partial charge in [0.2, 0.25) is 0 Å². The van der Waals surface area contributed by atoms with Crippen LogP contribution in [0.25, 0.3) is 0 Å². The van der Waals surface area contributed by atoms with E-state index in [1.165, 1.54) is 0 Å². The van der Waals surface area contributed by atoms with Gasteiger partial charge in [0.05, 0.1) is 6.04 Å². The first kappa shape index (κ1) is 18.3. The topological polar surface area (TPSA) is 41.6 Å². The smallest absolute Gasteiger partial charge is 0.258 e. The Labute approximate surface area is 148 Å². The van der Waals surface area contributed by atoms with Gasteiger partial charge in [0.1, 0.15) is 5.75 Å². The van der Waals surface area contributed by atoms with E-state index >= 15 is 0 Å². The molecule has 0 saturated heterocycles. The van der Waals surface area contributed by atoms with Crippen LogP contribution < -0.4 is 10.1 Å². The van der Waals surface area contributed by atoms with Gasteiger partial charge in [-0.05, 0) is 50.8 Å². The molecule has 0 aliphatic carbocycles. The number of nitrogens with zero attached hydrogens (tertiary/aromatic N) is 1. The summed E-state index contributed by atoms with van der Waals surface area (Å²) in [5.41, 5.74) is 2.26. The zero-order valence-corrected chi connectivity index (χ0v) is 15.0. The van der Waals surface area contributed by atoms with Crippen LogP contribution in [-0.4, -0.2) is 38.1 Å². The lowest BCUT2D eigenvalue weighted by Gasteiger charge is -2.25. The number of halogens is 1. The lowest BCUT2D eigenvalue weighted by Crippen LogP contribution is -2.36. The Morgan fingerprint density at radius 2 is 1.75 bits per heavy atom. The van der Waals surface area contributed by atoms with Gasteiger partial charge in [0, 0.05) is 11.6 Å². The SMILES string of the molecule is Cc1ccc(OCC(=O)NCC(c2ccc(Cl)cc2)N(C)C)cc1. The van der Waals surface area contributed by atoms with Gasteiger partial charge in [-0.2, -0.15) is 0 Å². The van der Waals surface area contributed by atoms with E-state index in [2.05, 4.69) is 10.2 Å². The molecule has 0 spiro atoms. The molecule has 0 heterocycles. The summed E-state index contributed by atoms with van der Waals surface area (Å²) in [6, 6.07) is 15.4. The molecule has 1 amide bonds. The third-order valence-corrected chi connectivity index (χ3v) is 4.01. The van der Waals surface area contributed by atoms with Crippen LogP contribution in [0.4, 0.5) is 0 Å². The summed E-state index contributed by atoms with van der Waals surface area (Å²) in [7, 11) is 3.96. The van der Waals surface area contributed by atoms with E-state index in [0.717, 1.165) is 11.1 Å². The maximum Gasteiger partial charge on any atom is 0.258 e. The van der Waals surface area contributed by atoms with Crippen molar-refractivity contribution < 1.29 is 9.53 Å². The van der Waals surface area contributed by atoms with Crippen LogP contribution in [0.5, 0.6) is 5.75 Å². The largest absolute Gasteiger partial charge is 0.484 e. The maximum absolute atomic E-state index is 12.0. The molecular formula is C19H23ClN2O2. The number of ether oxygens (including phenoxy) is 1. The van der Waals surface area contributed by atoms with Gasteiger partial charge >= 0.3 is 0 Å². The Bertz CT molecular complexity index is 654. The number of carbonyl (C=O) groups excluding carboxylic acids is 1. The number of hydrogen-bond donors (Lipinski definition) is 1. The molecule has 1 unspecified atom stereocenters. The summed E-state index contributed by atoms with van der Waals surface area (Å²) < 4.78 is 5.49. The van der Waals surface area contributed by atoms with Crippen molar-refractivity contribution in [2.45, 2.75) is 13.0 Å². The molecule has 2 rings (SSSR count). The number of benzene rings is 2. The highest BCUT2D eigenvalue weighted by molar-refractivity contribution is 6.30. The predicted octanol–water partition coefficient (Wildman–Crippen LogP) is 3.45. The van der Waals surface area contributed by atoms with Gasteiger partial charge < -0.3 is 15.0 Å². The van der Waals surface area contributed by atoms with Gasteiger partial charge in [0.15, 0.2) is 6.61 Å². The van der Waals surface area contributed by atoms with Crippen molar-refractivity contribution in [1.82, 2.24) is 10.2 Å². The predicted molar refractivity (Wildman–Crippen MR) is 97.6 cm³/mol. The Kier molecular flexibility index (Phi) is 6.64. The molecule has 0 aliphatic rings. The number of likely N-dealkylation sites (N-methyl/N-ethyl adjacent to an activating group) is 1. The molecule has 2 aromatic rings. The zero-order valence-electron chi connectivity index (χ0n) is 14.3. The quantitative estimate of drug-likeness (QED) is 0.835. The van der Waals surface area contributed by atoms with E-state index < -0.39 is 0 Å². The Morgan fingerprint density at radius 1 is 1.12 bits per heavy atom. The van der Waals surface area contributed by atoms with E-state index in [9.17, 15) is 4.79 Å². The fourth-order valence-electron chi connectivity index (χ4n) is 2.33. The van der Waals surface area contributed by atoms with Crippen LogP contribution in [0.3, 0.4) is 0 Å². The molecule has 0 aliphatic heterocycles. The van der Waals surface area contributed by atoms with Gasteiger partial charge in [-0.15, -0.1) is 0 Å². The fraction of sp³-hybridized carbons (Fsp3) is 0.316. The number of nitrogens with one attached hydrogen (secondary N) is 1. The Hall–Kier alpha value is -2.04. The minimum Gasteiger partial charge on any atom is -0.484 e. The molecule has 0 bridgehead atoms. The Morgan fingerprint density at radius 3 is 2.33 bits per heavy atom. The minimum absolute atomic E-state index is 0.00380. The maximum atomic E-state index is 12.0. The summed E-state index contributed by atoms with van der Waals surface area (Å²) >= 11 is 5.93. The van der Waals surface area contributed by atoms with E-state index in [1.807, 2.05) is 69.6 Å². The van der Waals surface area contributed by atoms with E-state index in [1.54, 1.807) is 0 Å². The highest BCUT2D eigenvalue weighted by Crippen LogP contribution is 2.19. The van der Waals surface area contributed by atoms with Gasteiger partial charge in [-0.1, -0.05) is 41.4 Å². The fourth-order valence-corrected chi connectivity index (χ4v) is 2.45. The van der Waals surface area contributed by atoms with E-state index in [0.29, 0.717) is 17.3 Å². The van der Waals surface area contributed by atoms with Gasteiger partial charge in [-0.3, -0.25) is 4.79 Å². The van der Waals surface area contributed by atoms with Crippen molar-refractivity contribution in [3.05, 3.63) is 64.7 Å². The van der Waals surface area contributed by atoms with Crippen molar-refractivity contribution in [1.29, 1.82) is 0 Å². The molecule has 2 aromatic carbocycles. The average Bonchev–Trinajstić information content (AvgIpc) is 2.56. The second kappa shape index (κ2) is 8.71. The number of rotatable bonds is 7. The van der Waals surface area contributed by atoms with Gasteiger partial charge in [0.25, 0.3) is 5.91 Å². The van der Waals surface area contributed by atoms with E-state index in [4.69, 9.17) is 16.3 Å². The molecule has 128 valence electrons. The van der Waals surface area contributed by atoms with Crippen LogP contribution >= 0.6 is 11.6 Å². The lowest BCUT2D eigenvalue weighted by molar-refractivity contribution is -0.123. The first-order valence-corrected chi connectivity index (χ1v) is 8.21. The average molecular weight is 347 g/mol. The van der Waals surface area contributed by atoms with Crippen molar-refractivity contribution in [3.63, 3.8) is 0 Å². The molecule has 1 atom stereocenters. The lowest BCUT2D eigenvalue weighted by atomic mass is 10.1. The van der Waals surface area contributed by atoms with E-state index in [-0.39, 0.29) is 18.6 Å². The summed E-state index contributed by atoms with van der Waals surface area (Å²) in [4.78, 5) is 14.1. The monoisotopic (exact) mass is 346 g/mol. The molecule has 0 radical (unpaired) electrons. The molecule has 0 saturated carbocycles. The number of amides is 1. The first-order chi connectivity index (χ1) is 11.5. The van der Waals surface area contributed by atoms with Crippen LogP contribution in [0.1, 0.15) is 17.2 Å². The van der Waals surface area contributed by atoms with Crippen molar-refractivity contribution >= 4 is 17.5 Å². The summed E-state index contributed by atoms with van der Waals surface area (Å²) in [5.74, 6) is 0.550. The highest BCUT2D eigenvalue weighted by Gasteiger charge is 2.15. The second-order valence-corrected chi connectivity index (χ2v) is 6.37. The molecule has 0 aromatic heterocycles. The van der Waals surface area contributed by atoms with Crippen LogP contribution in [-0.2, 0) is 4.79 Å². The minimum atomic E-state index is -0.142. The molecule has 5 heteroatoms. The normalized spacial score (nSPS) is 12.0. The number of hydrogen-bond acceptors (Lipinski definition) is 3. The standard InChI is InChI=1S/C19H23ClN2O2/c1-14-4-10-17(11-5-14)24-13-19(23)21-12-18(22(2)3)15-6-8-16(20)9-7-15/h4-11,18H,12-13H2,1-3H3,(H,21,23).